The van der Waals surface area contributed by atoms with Crippen LogP contribution in [-0.4, -0.2) is 10.9 Å². The van der Waals surface area contributed by atoms with Crippen molar-refractivity contribution in [1.82, 2.24) is 10.3 Å². The monoisotopic (exact) mass is 278 g/mol. The van der Waals surface area contributed by atoms with Gasteiger partial charge in [-0.25, -0.2) is 4.98 Å². The second kappa shape index (κ2) is 6.52. The number of carbonyl (C=O) groups excluding carboxylic acids is 1. The normalized spacial score (nSPS) is 10.9. The molecule has 0 aromatic carbocycles. The van der Waals surface area contributed by atoms with E-state index >= 15 is 0 Å². The molecule has 4 nitrogen and oxygen atoms in total. The van der Waals surface area contributed by atoms with E-state index in [-0.39, 0.29) is 5.91 Å². The van der Waals surface area contributed by atoms with E-state index in [9.17, 15) is 4.79 Å². The van der Waals surface area contributed by atoms with Crippen LogP contribution in [0.1, 0.15) is 30.3 Å². The fraction of sp³-hybridized carbons (Fsp3) is 0.429. The molecule has 0 saturated carbocycles. The van der Waals surface area contributed by atoms with E-state index in [0.717, 1.165) is 22.9 Å². The van der Waals surface area contributed by atoms with E-state index in [0.29, 0.717) is 18.9 Å². The first-order valence-electron chi connectivity index (χ1n) is 6.36. The number of hydrogen-bond acceptors (Lipinski definition) is 4. The molecule has 0 aliphatic heterocycles. The lowest BCUT2D eigenvalue weighted by Crippen LogP contribution is -2.24. The maximum absolute atomic E-state index is 11.8. The molecule has 1 N–H and O–H groups in total. The van der Waals surface area contributed by atoms with Crippen LogP contribution in [0.15, 0.2) is 28.2 Å². The minimum absolute atomic E-state index is 0.0261. The van der Waals surface area contributed by atoms with Crippen LogP contribution in [0.25, 0.3) is 0 Å². The van der Waals surface area contributed by atoms with Gasteiger partial charge in [-0.05, 0) is 24.5 Å². The maximum Gasteiger partial charge on any atom is 0.227 e. The van der Waals surface area contributed by atoms with Gasteiger partial charge in [-0.2, -0.15) is 0 Å². The summed E-state index contributed by atoms with van der Waals surface area (Å²) in [6, 6.07) is 3.64. The van der Waals surface area contributed by atoms with Crippen LogP contribution in [0.4, 0.5) is 0 Å². The fourth-order valence-corrected chi connectivity index (χ4v) is 2.55. The lowest BCUT2D eigenvalue weighted by Gasteiger charge is -2.01. The number of carbonyl (C=O) groups is 1. The van der Waals surface area contributed by atoms with Crippen molar-refractivity contribution in [2.45, 2.75) is 33.2 Å². The smallest absolute Gasteiger partial charge is 0.227 e. The molecule has 0 aliphatic rings. The van der Waals surface area contributed by atoms with Crippen molar-refractivity contribution in [3.8, 4) is 0 Å². The molecule has 0 saturated heterocycles. The van der Waals surface area contributed by atoms with Crippen LogP contribution < -0.4 is 5.32 Å². The Hall–Kier alpha value is -1.62. The van der Waals surface area contributed by atoms with Crippen LogP contribution in [0.5, 0.6) is 0 Å². The number of hydrogen-bond donors (Lipinski definition) is 1. The molecule has 0 radical (unpaired) electrons. The predicted octanol–water partition coefficient (Wildman–Crippen LogP) is 2.79. The molecular formula is C14H18N2O2S. The van der Waals surface area contributed by atoms with E-state index in [1.165, 1.54) is 0 Å². The Morgan fingerprint density at radius 2 is 2.37 bits per heavy atom. The zero-order valence-electron chi connectivity index (χ0n) is 11.2. The number of amides is 1. The van der Waals surface area contributed by atoms with Crippen LogP contribution in [-0.2, 0) is 24.2 Å². The number of furan rings is 1. The van der Waals surface area contributed by atoms with Crippen LogP contribution >= 0.6 is 11.3 Å². The summed E-state index contributed by atoms with van der Waals surface area (Å²) in [5.74, 6) is 1.32. The molecule has 0 spiro atoms. The summed E-state index contributed by atoms with van der Waals surface area (Å²) in [6.45, 7) is 4.75. The maximum atomic E-state index is 11.8. The third-order valence-corrected chi connectivity index (χ3v) is 3.47. The Balaban J connectivity index is 1.80. The SMILES string of the molecule is CC(C)Cc1csc(CC(=O)NCc2ccco2)n1. The van der Waals surface area contributed by atoms with Crippen LogP contribution in [0.3, 0.4) is 0 Å². The molecule has 2 heterocycles. The number of nitrogens with zero attached hydrogens (tertiary/aromatic N) is 1. The lowest BCUT2D eigenvalue weighted by atomic mass is 10.1. The largest absolute Gasteiger partial charge is 0.467 e. The van der Waals surface area contributed by atoms with Gasteiger partial charge < -0.3 is 9.73 Å². The van der Waals surface area contributed by atoms with Crippen LogP contribution in [0.2, 0.25) is 0 Å². The summed E-state index contributed by atoms with van der Waals surface area (Å²) in [7, 11) is 0. The zero-order chi connectivity index (χ0) is 13.7. The first-order chi connectivity index (χ1) is 9.13. The Morgan fingerprint density at radius 1 is 1.53 bits per heavy atom. The molecule has 2 aromatic rings. The minimum atomic E-state index is -0.0261. The molecule has 1 amide bonds. The second-order valence-electron chi connectivity index (χ2n) is 4.86. The molecule has 102 valence electrons. The van der Waals surface area contributed by atoms with E-state index in [1.807, 2.05) is 11.4 Å². The highest BCUT2D eigenvalue weighted by Gasteiger charge is 2.09. The molecule has 0 unspecified atom stereocenters. The summed E-state index contributed by atoms with van der Waals surface area (Å²) in [6.07, 6.45) is 2.90. The number of nitrogens with one attached hydrogen (secondary N) is 1. The zero-order valence-corrected chi connectivity index (χ0v) is 12.0. The highest BCUT2D eigenvalue weighted by molar-refractivity contribution is 7.09. The molecule has 0 atom stereocenters. The molecule has 2 aromatic heterocycles. The summed E-state index contributed by atoms with van der Waals surface area (Å²) in [4.78, 5) is 16.2. The van der Waals surface area contributed by atoms with Gasteiger partial charge in [-0.3, -0.25) is 4.79 Å². The van der Waals surface area contributed by atoms with Gasteiger partial charge >= 0.3 is 0 Å². The topological polar surface area (TPSA) is 55.1 Å². The van der Waals surface area contributed by atoms with Crippen molar-refractivity contribution >= 4 is 17.2 Å². The number of thiazole rings is 1. The Labute approximate surface area is 116 Å². The van der Waals surface area contributed by atoms with E-state index in [4.69, 9.17) is 4.42 Å². The molecule has 19 heavy (non-hydrogen) atoms. The molecule has 5 heteroatoms. The lowest BCUT2D eigenvalue weighted by molar-refractivity contribution is -0.120. The highest BCUT2D eigenvalue weighted by atomic mass is 32.1. The van der Waals surface area contributed by atoms with Gasteiger partial charge in [0.25, 0.3) is 0 Å². The van der Waals surface area contributed by atoms with Crippen LogP contribution in [0, 0.1) is 5.92 Å². The number of rotatable bonds is 6. The third kappa shape index (κ3) is 4.52. The van der Waals surface area contributed by atoms with Crippen molar-refractivity contribution in [3.63, 3.8) is 0 Å². The second-order valence-corrected chi connectivity index (χ2v) is 5.81. The van der Waals surface area contributed by atoms with E-state index < -0.39 is 0 Å². The molecular weight excluding hydrogens is 260 g/mol. The van der Waals surface area contributed by atoms with E-state index in [2.05, 4.69) is 24.1 Å². The van der Waals surface area contributed by atoms with Crippen molar-refractivity contribution in [1.29, 1.82) is 0 Å². The summed E-state index contributed by atoms with van der Waals surface area (Å²) in [5, 5.41) is 5.72. The van der Waals surface area contributed by atoms with Gasteiger partial charge in [0.15, 0.2) is 0 Å². The Kier molecular flexibility index (Phi) is 4.74. The first-order valence-corrected chi connectivity index (χ1v) is 7.24. The molecule has 0 bridgehead atoms. The Morgan fingerprint density at radius 3 is 3.05 bits per heavy atom. The van der Waals surface area contributed by atoms with Gasteiger partial charge in [0, 0.05) is 5.38 Å². The summed E-state index contributed by atoms with van der Waals surface area (Å²) < 4.78 is 5.15. The average Bonchev–Trinajstić information content (AvgIpc) is 2.97. The minimum Gasteiger partial charge on any atom is -0.467 e. The highest BCUT2D eigenvalue weighted by Crippen LogP contribution is 2.14. The van der Waals surface area contributed by atoms with Gasteiger partial charge in [-0.1, -0.05) is 13.8 Å². The van der Waals surface area contributed by atoms with Crippen molar-refractivity contribution in [2.75, 3.05) is 0 Å². The first kappa shape index (κ1) is 13.8. The fourth-order valence-electron chi connectivity index (χ4n) is 1.74. The Bertz CT molecular complexity index is 517. The quantitative estimate of drug-likeness (QED) is 0.884. The third-order valence-electron chi connectivity index (χ3n) is 2.57. The summed E-state index contributed by atoms with van der Waals surface area (Å²) >= 11 is 1.55. The molecule has 0 fully saturated rings. The van der Waals surface area contributed by atoms with Crippen molar-refractivity contribution < 1.29 is 9.21 Å². The standard InChI is InChI=1S/C14H18N2O2S/c1-10(2)6-11-9-19-14(16-11)7-13(17)15-8-12-4-3-5-18-12/h3-5,9-10H,6-8H2,1-2H3,(H,15,17). The van der Waals surface area contributed by atoms with Crippen molar-refractivity contribution in [2.24, 2.45) is 5.92 Å². The predicted molar refractivity (Wildman–Crippen MR) is 74.9 cm³/mol. The van der Waals surface area contributed by atoms with Gasteiger partial charge in [0.05, 0.1) is 24.9 Å². The van der Waals surface area contributed by atoms with E-state index in [1.54, 1.807) is 23.7 Å². The average molecular weight is 278 g/mol. The number of aromatic nitrogens is 1. The molecule has 2 rings (SSSR count). The van der Waals surface area contributed by atoms with Gasteiger partial charge in [0.1, 0.15) is 10.8 Å². The van der Waals surface area contributed by atoms with Gasteiger partial charge in [0.2, 0.25) is 5.91 Å². The summed E-state index contributed by atoms with van der Waals surface area (Å²) in [5.41, 5.74) is 1.08. The van der Waals surface area contributed by atoms with Crippen molar-refractivity contribution in [3.05, 3.63) is 40.2 Å². The molecule has 0 aliphatic carbocycles. The van der Waals surface area contributed by atoms with Gasteiger partial charge in [-0.15, -0.1) is 11.3 Å².